The molecule has 0 saturated carbocycles. The van der Waals surface area contributed by atoms with E-state index in [1.165, 1.54) is 16.9 Å². The number of amides is 1. The number of pyridine rings is 1. The Labute approximate surface area is 223 Å². The summed E-state index contributed by atoms with van der Waals surface area (Å²) in [6.45, 7) is 4.35. The highest BCUT2D eigenvalue weighted by Crippen LogP contribution is 2.28. The van der Waals surface area contributed by atoms with Gasteiger partial charge in [0.15, 0.2) is 5.13 Å². The number of hydrogen-bond donors (Lipinski definition) is 3. The maximum Gasteiger partial charge on any atom is 0.255 e. The molecule has 10 heteroatoms. The fourth-order valence-electron chi connectivity index (χ4n) is 4.41. The number of nitrogen functional groups attached to an aromatic ring is 1. The summed E-state index contributed by atoms with van der Waals surface area (Å²) in [5.41, 5.74) is 12.3. The quantitative estimate of drug-likeness (QED) is 0.260. The first-order valence-corrected chi connectivity index (χ1v) is 13.3. The van der Waals surface area contributed by atoms with Gasteiger partial charge in [-0.2, -0.15) is 0 Å². The second-order valence-electron chi connectivity index (χ2n) is 9.08. The monoisotopic (exact) mass is 525 g/mol. The smallest absolute Gasteiger partial charge is 0.255 e. The normalized spacial score (nSPS) is 14.0. The molecule has 0 spiro atoms. The summed E-state index contributed by atoms with van der Waals surface area (Å²) in [4.78, 5) is 24.4. The summed E-state index contributed by atoms with van der Waals surface area (Å²) in [7, 11) is 0. The highest BCUT2D eigenvalue weighted by Gasteiger charge is 2.14. The van der Waals surface area contributed by atoms with Crippen LogP contribution in [-0.2, 0) is 11.3 Å². The molecule has 0 unspecified atom stereocenters. The van der Waals surface area contributed by atoms with Crippen LogP contribution in [0, 0.1) is 0 Å². The molecule has 38 heavy (non-hydrogen) atoms. The number of hydrogen-bond acceptors (Lipinski definition) is 8. The van der Waals surface area contributed by atoms with Crippen molar-refractivity contribution in [1.82, 2.24) is 19.3 Å². The van der Waals surface area contributed by atoms with Gasteiger partial charge in [-0.15, -0.1) is 11.3 Å². The number of imidazole rings is 1. The lowest BCUT2D eigenvalue weighted by Crippen LogP contribution is -2.35. The van der Waals surface area contributed by atoms with Crippen LogP contribution in [0.15, 0.2) is 78.4 Å². The van der Waals surface area contributed by atoms with E-state index >= 15 is 0 Å². The van der Waals surface area contributed by atoms with Gasteiger partial charge in [0, 0.05) is 42.5 Å². The van der Waals surface area contributed by atoms with E-state index in [-0.39, 0.29) is 5.91 Å². The van der Waals surface area contributed by atoms with E-state index in [4.69, 9.17) is 15.5 Å². The number of rotatable bonds is 7. The van der Waals surface area contributed by atoms with Gasteiger partial charge in [0.05, 0.1) is 36.5 Å². The van der Waals surface area contributed by atoms with Crippen LogP contribution in [-0.4, -0.2) is 51.5 Å². The van der Waals surface area contributed by atoms with E-state index in [0.717, 1.165) is 60.7 Å². The number of ether oxygens (including phenoxy) is 1. The molecule has 6 rings (SSSR count). The van der Waals surface area contributed by atoms with Crippen molar-refractivity contribution in [2.75, 3.05) is 42.7 Å². The first-order valence-electron chi connectivity index (χ1n) is 12.4. The second-order valence-corrected chi connectivity index (χ2v) is 9.94. The van der Waals surface area contributed by atoms with E-state index in [1.54, 1.807) is 24.3 Å². The van der Waals surface area contributed by atoms with Gasteiger partial charge in [0.2, 0.25) is 0 Å². The average Bonchev–Trinajstić information content (AvgIpc) is 3.57. The van der Waals surface area contributed by atoms with Gasteiger partial charge in [0.25, 0.3) is 5.91 Å². The first-order chi connectivity index (χ1) is 18.6. The molecule has 1 aliphatic rings. The molecule has 9 nitrogen and oxygen atoms in total. The third-order valence-corrected chi connectivity index (χ3v) is 7.21. The van der Waals surface area contributed by atoms with Gasteiger partial charge < -0.3 is 21.1 Å². The third-order valence-electron chi connectivity index (χ3n) is 6.45. The minimum Gasteiger partial charge on any atom is -0.397 e. The average molecular weight is 526 g/mol. The molecular formula is C28H27N7O2S. The molecule has 4 N–H and O–H groups in total. The Kier molecular flexibility index (Phi) is 6.74. The molecule has 1 aliphatic heterocycles. The number of fused-ring (bicyclic) bond motifs is 1. The number of aromatic nitrogens is 3. The molecule has 0 radical (unpaired) electrons. The Bertz CT molecular complexity index is 1570. The zero-order chi connectivity index (χ0) is 25.9. The predicted octanol–water partition coefficient (Wildman–Crippen LogP) is 4.87. The number of carbonyl (C=O) groups is 1. The number of nitrogens with two attached hydrogens (primary N) is 1. The molecular weight excluding hydrogens is 498 g/mol. The first kappa shape index (κ1) is 24.1. The summed E-state index contributed by atoms with van der Waals surface area (Å²) in [6.07, 6.45) is 4.01. The highest BCUT2D eigenvalue weighted by atomic mass is 32.1. The van der Waals surface area contributed by atoms with Crippen LogP contribution in [0.3, 0.4) is 0 Å². The van der Waals surface area contributed by atoms with Crippen molar-refractivity contribution in [2.45, 2.75) is 6.54 Å². The number of anilines is 4. The lowest BCUT2D eigenvalue weighted by molar-refractivity contribution is 0.0341. The summed E-state index contributed by atoms with van der Waals surface area (Å²) in [5.74, 6) is -0.216. The van der Waals surface area contributed by atoms with Crippen molar-refractivity contribution in [3.8, 4) is 11.4 Å². The number of benzene rings is 2. The predicted molar refractivity (Wildman–Crippen MR) is 151 cm³/mol. The number of para-hydroxylation sites is 2. The molecule has 5 aromatic rings. The fraction of sp³-hybridized carbons (Fsp3) is 0.179. The van der Waals surface area contributed by atoms with Crippen molar-refractivity contribution in [1.29, 1.82) is 0 Å². The van der Waals surface area contributed by atoms with Crippen LogP contribution in [0.5, 0.6) is 0 Å². The number of nitrogens with zero attached hydrogens (tertiary/aromatic N) is 4. The minimum atomic E-state index is -0.216. The van der Waals surface area contributed by atoms with Crippen LogP contribution in [0.1, 0.15) is 15.9 Å². The molecule has 1 saturated heterocycles. The van der Waals surface area contributed by atoms with Crippen LogP contribution in [0.25, 0.3) is 17.0 Å². The van der Waals surface area contributed by atoms with Gasteiger partial charge in [-0.25, -0.2) is 9.97 Å². The van der Waals surface area contributed by atoms with E-state index < -0.39 is 0 Å². The lowest BCUT2D eigenvalue weighted by Gasteiger charge is -2.26. The number of carbonyl (C=O) groups excluding carboxylic acids is 1. The highest BCUT2D eigenvalue weighted by molar-refractivity contribution is 7.14. The van der Waals surface area contributed by atoms with Gasteiger partial charge in [0.1, 0.15) is 11.3 Å². The molecule has 2 aromatic carbocycles. The Morgan fingerprint density at radius 1 is 1.05 bits per heavy atom. The Morgan fingerprint density at radius 2 is 1.87 bits per heavy atom. The topological polar surface area (TPSA) is 110 Å². The lowest BCUT2D eigenvalue weighted by atomic mass is 10.2. The molecule has 192 valence electrons. The second kappa shape index (κ2) is 10.6. The third kappa shape index (κ3) is 5.23. The molecule has 1 amide bonds. The van der Waals surface area contributed by atoms with Crippen molar-refractivity contribution in [3.05, 3.63) is 89.6 Å². The Balaban J connectivity index is 1.14. The zero-order valence-corrected chi connectivity index (χ0v) is 21.4. The van der Waals surface area contributed by atoms with Gasteiger partial charge in [-0.3, -0.25) is 14.1 Å². The van der Waals surface area contributed by atoms with Gasteiger partial charge in [-0.1, -0.05) is 18.2 Å². The summed E-state index contributed by atoms with van der Waals surface area (Å²) >= 11 is 1.52. The Hall–Kier alpha value is -4.25. The number of nitrogens with one attached hydrogen (secondary N) is 2. The SMILES string of the molecule is Nc1ccccc1NC(=O)c1ccc(Nc2nc(-c3cnc4ccc(CN5CCOCC5)cn34)cs2)cc1. The van der Waals surface area contributed by atoms with E-state index in [2.05, 4.69) is 43.2 Å². The number of thiazole rings is 1. The van der Waals surface area contributed by atoms with Gasteiger partial charge >= 0.3 is 0 Å². The minimum absolute atomic E-state index is 0.216. The summed E-state index contributed by atoms with van der Waals surface area (Å²) < 4.78 is 7.57. The Morgan fingerprint density at radius 3 is 2.68 bits per heavy atom. The van der Waals surface area contributed by atoms with Crippen LogP contribution >= 0.6 is 11.3 Å². The maximum atomic E-state index is 12.6. The van der Waals surface area contributed by atoms with Crippen molar-refractivity contribution in [3.63, 3.8) is 0 Å². The molecule has 4 heterocycles. The zero-order valence-electron chi connectivity index (χ0n) is 20.6. The van der Waals surface area contributed by atoms with Gasteiger partial charge in [-0.05, 0) is 48.0 Å². The van der Waals surface area contributed by atoms with Crippen molar-refractivity contribution >= 4 is 45.1 Å². The van der Waals surface area contributed by atoms with Crippen LogP contribution < -0.4 is 16.4 Å². The standard InChI is InChI=1S/C28H27N7O2S/c29-22-3-1-2-4-23(22)32-27(36)20-6-8-21(9-7-20)31-28-33-24(18-38-28)25-15-30-26-10-5-19(17-35(25)26)16-34-11-13-37-14-12-34/h1-10,15,17-18H,11-14,16,29H2,(H,31,33)(H,32,36). The van der Waals surface area contributed by atoms with Crippen LogP contribution in [0.2, 0.25) is 0 Å². The molecule has 0 bridgehead atoms. The van der Waals surface area contributed by atoms with E-state index in [1.807, 2.05) is 35.8 Å². The van der Waals surface area contributed by atoms with Crippen LogP contribution in [0.4, 0.5) is 22.2 Å². The molecule has 3 aromatic heterocycles. The summed E-state index contributed by atoms with van der Waals surface area (Å²) in [5, 5.41) is 8.96. The largest absolute Gasteiger partial charge is 0.397 e. The maximum absolute atomic E-state index is 12.6. The van der Waals surface area contributed by atoms with Crippen molar-refractivity contribution < 1.29 is 9.53 Å². The van der Waals surface area contributed by atoms with Crippen molar-refractivity contribution in [2.24, 2.45) is 0 Å². The summed E-state index contributed by atoms with van der Waals surface area (Å²) in [6, 6.07) is 18.6. The van der Waals surface area contributed by atoms with E-state index in [9.17, 15) is 4.79 Å². The van der Waals surface area contributed by atoms with E-state index in [0.29, 0.717) is 16.9 Å². The number of morpholine rings is 1. The molecule has 0 atom stereocenters. The fourth-order valence-corrected chi connectivity index (χ4v) is 5.13. The molecule has 1 fully saturated rings. The molecule has 0 aliphatic carbocycles.